The Morgan fingerprint density at radius 2 is 2.06 bits per heavy atom. The molecule has 158 valence electrons. The summed E-state index contributed by atoms with van der Waals surface area (Å²) in [6.45, 7) is 4.85. The maximum atomic E-state index is 13.1. The van der Waals surface area contributed by atoms with E-state index >= 15 is 0 Å². The van der Waals surface area contributed by atoms with Crippen molar-refractivity contribution in [2.24, 2.45) is 0 Å². The molecule has 31 heavy (non-hydrogen) atoms. The van der Waals surface area contributed by atoms with Crippen molar-refractivity contribution in [3.05, 3.63) is 69.1 Å². The standard InChI is InChI=1S/C22H20FN5O2S/c1-12(2)17-9-18(27-26-17)22(30)28-8-7-15-16(10-24)21(31-19(15)11-28)25-20(29)13-3-5-14(23)6-4-13/h3-6,9,12H,7-8,11H2,1-2H3,(H,25,29)(H,26,27). The van der Waals surface area contributed by atoms with Gasteiger partial charge in [-0.2, -0.15) is 10.4 Å². The summed E-state index contributed by atoms with van der Waals surface area (Å²) in [7, 11) is 0. The quantitative estimate of drug-likeness (QED) is 0.643. The number of carbonyl (C=O) groups excluding carboxylic acids is 2. The van der Waals surface area contributed by atoms with Gasteiger partial charge in [-0.1, -0.05) is 13.8 Å². The maximum absolute atomic E-state index is 13.1. The SMILES string of the molecule is CC(C)c1cc(C(=O)N2CCc3c(sc(NC(=O)c4ccc(F)cc4)c3C#N)C2)n[nH]1. The molecule has 2 N–H and O–H groups in total. The Balaban J connectivity index is 1.54. The highest BCUT2D eigenvalue weighted by Gasteiger charge is 2.29. The molecule has 3 aromatic rings. The lowest BCUT2D eigenvalue weighted by Gasteiger charge is -2.26. The predicted octanol–water partition coefficient (Wildman–Crippen LogP) is 4.06. The van der Waals surface area contributed by atoms with Gasteiger partial charge in [-0.05, 0) is 48.2 Å². The van der Waals surface area contributed by atoms with Crippen molar-refractivity contribution in [3.63, 3.8) is 0 Å². The van der Waals surface area contributed by atoms with Crippen molar-refractivity contribution in [1.82, 2.24) is 15.1 Å². The lowest BCUT2D eigenvalue weighted by molar-refractivity contribution is 0.0731. The van der Waals surface area contributed by atoms with Crippen molar-refractivity contribution in [2.45, 2.75) is 32.7 Å². The van der Waals surface area contributed by atoms with Crippen molar-refractivity contribution < 1.29 is 14.0 Å². The minimum Gasteiger partial charge on any atom is -0.332 e. The zero-order valence-electron chi connectivity index (χ0n) is 17.0. The number of benzene rings is 1. The lowest BCUT2D eigenvalue weighted by atomic mass is 10.0. The van der Waals surface area contributed by atoms with Crippen LogP contribution in [0.5, 0.6) is 0 Å². The summed E-state index contributed by atoms with van der Waals surface area (Å²) in [5.74, 6) is -0.772. The van der Waals surface area contributed by atoms with Crippen LogP contribution in [0.1, 0.15) is 62.3 Å². The van der Waals surface area contributed by atoms with E-state index in [0.717, 1.165) is 16.1 Å². The number of thiophene rings is 1. The van der Waals surface area contributed by atoms with E-state index in [1.165, 1.54) is 35.6 Å². The zero-order chi connectivity index (χ0) is 22.1. The van der Waals surface area contributed by atoms with Crippen LogP contribution in [0, 0.1) is 17.1 Å². The average molecular weight is 438 g/mol. The topological polar surface area (TPSA) is 102 Å². The van der Waals surface area contributed by atoms with Crippen LogP contribution in [0.3, 0.4) is 0 Å². The fraction of sp³-hybridized carbons (Fsp3) is 0.273. The largest absolute Gasteiger partial charge is 0.332 e. The minimum atomic E-state index is -0.428. The number of aromatic amines is 1. The molecule has 0 unspecified atom stereocenters. The van der Waals surface area contributed by atoms with E-state index in [1.807, 2.05) is 13.8 Å². The summed E-state index contributed by atoms with van der Waals surface area (Å²) in [6, 6.07) is 9.15. The first-order chi connectivity index (χ1) is 14.9. The molecule has 0 fully saturated rings. The summed E-state index contributed by atoms with van der Waals surface area (Å²) in [5.41, 5.74) is 2.84. The number of H-pyrrole nitrogens is 1. The third-order valence-corrected chi connectivity index (χ3v) is 6.36. The summed E-state index contributed by atoms with van der Waals surface area (Å²) in [4.78, 5) is 28.0. The zero-order valence-corrected chi connectivity index (χ0v) is 17.8. The predicted molar refractivity (Wildman–Crippen MR) is 115 cm³/mol. The van der Waals surface area contributed by atoms with Gasteiger partial charge >= 0.3 is 0 Å². The molecule has 4 rings (SSSR count). The number of nitrogens with one attached hydrogen (secondary N) is 2. The van der Waals surface area contributed by atoms with Crippen molar-refractivity contribution in [2.75, 3.05) is 11.9 Å². The molecule has 1 aromatic carbocycles. The van der Waals surface area contributed by atoms with Gasteiger partial charge < -0.3 is 10.2 Å². The third kappa shape index (κ3) is 4.07. The molecule has 3 heterocycles. The fourth-order valence-corrected chi connectivity index (χ4v) is 4.67. The van der Waals surface area contributed by atoms with Gasteiger partial charge in [0, 0.05) is 22.7 Å². The van der Waals surface area contributed by atoms with Crippen LogP contribution in [0.25, 0.3) is 0 Å². The first-order valence-electron chi connectivity index (χ1n) is 9.83. The Kier molecular flexibility index (Phi) is 5.57. The Morgan fingerprint density at radius 1 is 1.32 bits per heavy atom. The number of nitrogens with zero attached hydrogens (tertiary/aromatic N) is 3. The van der Waals surface area contributed by atoms with Crippen molar-refractivity contribution >= 4 is 28.2 Å². The van der Waals surface area contributed by atoms with Gasteiger partial charge in [0.25, 0.3) is 11.8 Å². The lowest BCUT2D eigenvalue weighted by Crippen LogP contribution is -2.35. The first kappa shape index (κ1) is 20.8. The Hall–Kier alpha value is -3.51. The number of hydrogen-bond donors (Lipinski definition) is 2. The third-order valence-electron chi connectivity index (χ3n) is 5.23. The summed E-state index contributed by atoms with van der Waals surface area (Å²) < 4.78 is 13.1. The fourth-order valence-electron chi connectivity index (χ4n) is 3.46. The number of hydrogen-bond acceptors (Lipinski definition) is 5. The monoisotopic (exact) mass is 437 g/mol. The van der Waals surface area contributed by atoms with E-state index < -0.39 is 11.7 Å². The smallest absolute Gasteiger partial charge is 0.274 e. The minimum absolute atomic E-state index is 0.169. The normalized spacial score (nSPS) is 13.1. The van der Waals surface area contributed by atoms with Gasteiger partial charge in [0.05, 0.1) is 12.1 Å². The molecule has 0 saturated carbocycles. The van der Waals surface area contributed by atoms with Crippen LogP contribution in [0.15, 0.2) is 30.3 Å². The average Bonchev–Trinajstić information content (AvgIpc) is 3.38. The molecule has 0 spiro atoms. The van der Waals surface area contributed by atoms with Crippen LogP contribution < -0.4 is 5.32 Å². The van der Waals surface area contributed by atoms with Crippen LogP contribution in [-0.4, -0.2) is 33.5 Å². The molecule has 1 aliphatic rings. The van der Waals surface area contributed by atoms with Gasteiger partial charge in [0.15, 0.2) is 0 Å². The molecule has 0 bridgehead atoms. The molecule has 1 aliphatic heterocycles. The van der Waals surface area contributed by atoms with E-state index in [9.17, 15) is 19.2 Å². The van der Waals surface area contributed by atoms with Gasteiger partial charge in [-0.3, -0.25) is 14.7 Å². The molecule has 2 aromatic heterocycles. The van der Waals surface area contributed by atoms with Gasteiger partial charge in [0.2, 0.25) is 0 Å². The number of rotatable bonds is 4. The van der Waals surface area contributed by atoms with E-state index in [1.54, 1.807) is 11.0 Å². The highest BCUT2D eigenvalue weighted by atomic mass is 32.1. The Bertz CT molecular complexity index is 1190. The molecule has 0 atom stereocenters. The van der Waals surface area contributed by atoms with E-state index in [4.69, 9.17) is 0 Å². The molecule has 0 saturated heterocycles. The molecule has 2 amide bonds. The van der Waals surface area contributed by atoms with Crippen molar-refractivity contribution in [1.29, 1.82) is 5.26 Å². The highest BCUT2D eigenvalue weighted by molar-refractivity contribution is 7.16. The van der Waals surface area contributed by atoms with E-state index in [2.05, 4.69) is 21.6 Å². The number of amides is 2. The number of nitriles is 1. The van der Waals surface area contributed by atoms with E-state index in [0.29, 0.717) is 41.3 Å². The van der Waals surface area contributed by atoms with Gasteiger partial charge in [-0.25, -0.2) is 4.39 Å². The Labute approximate surface area is 182 Å². The van der Waals surface area contributed by atoms with Crippen LogP contribution in [0.2, 0.25) is 0 Å². The second kappa shape index (κ2) is 8.32. The molecule has 9 heteroatoms. The Morgan fingerprint density at radius 3 is 2.71 bits per heavy atom. The van der Waals surface area contributed by atoms with E-state index in [-0.39, 0.29) is 11.8 Å². The van der Waals surface area contributed by atoms with Gasteiger partial charge in [0.1, 0.15) is 22.6 Å². The first-order valence-corrected chi connectivity index (χ1v) is 10.6. The summed E-state index contributed by atoms with van der Waals surface area (Å²) >= 11 is 1.29. The number of fused-ring (bicyclic) bond motifs is 1. The molecule has 0 radical (unpaired) electrons. The van der Waals surface area contributed by atoms with Crippen LogP contribution in [0.4, 0.5) is 9.39 Å². The number of aromatic nitrogens is 2. The number of carbonyl (C=O) groups is 2. The molecular weight excluding hydrogens is 417 g/mol. The molecule has 0 aliphatic carbocycles. The van der Waals surface area contributed by atoms with Gasteiger partial charge in [-0.15, -0.1) is 11.3 Å². The summed E-state index contributed by atoms with van der Waals surface area (Å²) in [5, 5.41) is 19.9. The number of anilines is 1. The molecular formula is C22H20FN5O2S. The number of halogens is 1. The second-order valence-electron chi connectivity index (χ2n) is 7.62. The second-order valence-corrected chi connectivity index (χ2v) is 8.73. The summed E-state index contributed by atoms with van der Waals surface area (Å²) in [6.07, 6.45) is 0.522. The molecule has 7 nitrogen and oxygen atoms in total. The van der Waals surface area contributed by atoms with Crippen molar-refractivity contribution in [3.8, 4) is 6.07 Å². The highest BCUT2D eigenvalue weighted by Crippen LogP contribution is 2.37. The van der Waals surface area contributed by atoms with Crippen LogP contribution in [-0.2, 0) is 13.0 Å². The maximum Gasteiger partial charge on any atom is 0.274 e. The van der Waals surface area contributed by atoms with Crippen LogP contribution >= 0.6 is 11.3 Å².